The molecule has 3 rings (SSSR count). The quantitative estimate of drug-likeness (QED) is 0.486. The molecule has 1 amide bonds. The number of hydrogen-bond acceptors (Lipinski definition) is 5. The molecule has 0 bridgehead atoms. The van der Waals surface area contributed by atoms with Gasteiger partial charge in [0.15, 0.2) is 0 Å². The first-order valence-corrected chi connectivity index (χ1v) is 8.88. The Kier molecular flexibility index (Phi) is 5.58. The molecule has 140 valence electrons. The third kappa shape index (κ3) is 3.86. The van der Waals surface area contributed by atoms with Crippen molar-refractivity contribution in [2.45, 2.75) is 6.04 Å². The minimum Gasteiger partial charge on any atom is -0.507 e. The molecular formula is C20H20ClN3O3. The number of halogens is 1. The number of nitrogens with zero attached hydrogens (tertiary/aromatic N) is 3. The summed E-state index contributed by atoms with van der Waals surface area (Å²) in [4.78, 5) is 33.1. The van der Waals surface area contributed by atoms with E-state index in [9.17, 15) is 14.7 Å². The van der Waals surface area contributed by atoms with Gasteiger partial charge in [0.05, 0.1) is 11.3 Å². The number of rotatable bonds is 5. The number of aromatic nitrogens is 1. The fraction of sp³-hybridized carbons (Fsp3) is 0.250. The smallest absolute Gasteiger partial charge is 0.295 e. The van der Waals surface area contributed by atoms with Crippen molar-refractivity contribution in [3.8, 4) is 0 Å². The largest absolute Gasteiger partial charge is 0.507 e. The van der Waals surface area contributed by atoms with E-state index in [4.69, 9.17) is 11.6 Å². The summed E-state index contributed by atoms with van der Waals surface area (Å²) < 4.78 is 0. The maximum Gasteiger partial charge on any atom is 0.295 e. The average Bonchev–Trinajstić information content (AvgIpc) is 2.91. The standard InChI is InChI=1S/C20H20ClN3O3/c1-23(2)11-12-24-17(15-5-3-4-10-22-15)16(19(26)20(24)27)18(25)13-6-8-14(21)9-7-13/h3-10,17,25H,11-12H2,1-2H3/b18-16-. The van der Waals surface area contributed by atoms with Crippen molar-refractivity contribution in [1.82, 2.24) is 14.8 Å². The third-order valence-corrected chi connectivity index (χ3v) is 4.67. The Hall–Kier alpha value is -2.70. The van der Waals surface area contributed by atoms with Crippen molar-refractivity contribution in [3.05, 3.63) is 70.5 Å². The van der Waals surface area contributed by atoms with Crippen LogP contribution in [0.1, 0.15) is 17.3 Å². The van der Waals surface area contributed by atoms with Crippen LogP contribution in [0.4, 0.5) is 0 Å². The van der Waals surface area contributed by atoms with Crippen molar-refractivity contribution in [2.24, 2.45) is 0 Å². The first-order valence-electron chi connectivity index (χ1n) is 8.50. The van der Waals surface area contributed by atoms with Crippen LogP contribution >= 0.6 is 11.6 Å². The van der Waals surface area contributed by atoms with Gasteiger partial charge in [0.1, 0.15) is 11.8 Å². The van der Waals surface area contributed by atoms with Crippen LogP contribution < -0.4 is 0 Å². The zero-order chi connectivity index (χ0) is 19.6. The topological polar surface area (TPSA) is 73.7 Å². The average molecular weight is 386 g/mol. The molecule has 1 aromatic heterocycles. The summed E-state index contributed by atoms with van der Waals surface area (Å²) in [6.07, 6.45) is 1.60. The number of hydrogen-bond donors (Lipinski definition) is 1. The molecule has 1 N–H and O–H groups in total. The van der Waals surface area contributed by atoms with E-state index in [1.165, 1.54) is 4.90 Å². The van der Waals surface area contributed by atoms with Gasteiger partial charge in [0.2, 0.25) is 0 Å². The SMILES string of the molecule is CN(C)CCN1C(=O)C(=O)/C(=C(\O)c2ccc(Cl)cc2)C1c1ccccn1. The number of likely N-dealkylation sites (N-methyl/N-ethyl adjacent to an activating group) is 1. The number of amides is 1. The Labute approximate surface area is 162 Å². The number of ketones is 1. The van der Waals surface area contributed by atoms with Gasteiger partial charge in [-0.1, -0.05) is 17.7 Å². The van der Waals surface area contributed by atoms with Crippen LogP contribution in [0.15, 0.2) is 54.2 Å². The number of aliphatic hydroxyl groups excluding tert-OH is 1. The molecule has 0 saturated carbocycles. The highest BCUT2D eigenvalue weighted by molar-refractivity contribution is 6.46. The molecule has 1 aliphatic rings. The van der Waals surface area contributed by atoms with E-state index >= 15 is 0 Å². The maximum atomic E-state index is 12.7. The van der Waals surface area contributed by atoms with Gasteiger partial charge >= 0.3 is 0 Å². The number of carbonyl (C=O) groups excluding carboxylic acids is 2. The molecule has 2 heterocycles. The van der Waals surface area contributed by atoms with E-state index in [1.807, 2.05) is 19.0 Å². The van der Waals surface area contributed by atoms with Gasteiger partial charge in [-0.3, -0.25) is 14.6 Å². The summed E-state index contributed by atoms with van der Waals surface area (Å²) in [5.41, 5.74) is 0.997. The van der Waals surface area contributed by atoms with E-state index in [0.717, 1.165) is 0 Å². The third-order valence-electron chi connectivity index (χ3n) is 4.41. The van der Waals surface area contributed by atoms with Crippen molar-refractivity contribution in [2.75, 3.05) is 27.2 Å². The second-order valence-electron chi connectivity index (χ2n) is 6.56. The van der Waals surface area contributed by atoms with Gasteiger partial charge in [-0.25, -0.2) is 0 Å². The number of aliphatic hydroxyl groups is 1. The van der Waals surface area contributed by atoms with E-state index in [0.29, 0.717) is 29.4 Å². The summed E-state index contributed by atoms with van der Waals surface area (Å²) in [7, 11) is 3.78. The summed E-state index contributed by atoms with van der Waals surface area (Å²) in [5, 5.41) is 11.3. The highest BCUT2D eigenvalue weighted by atomic mass is 35.5. The van der Waals surface area contributed by atoms with Crippen molar-refractivity contribution in [3.63, 3.8) is 0 Å². The zero-order valence-electron chi connectivity index (χ0n) is 15.1. The second kappa shape index (κ2) is 7.90. The molecule has 0 spiro atoms. The Bertz CT molecular complexity index is 879. The van der Waals surface area contributed by atoms with E-state index in [1.54, 1.807) is 48.7 Å². The molecule has 0 aliphatic carbocycles. The van der Waals surface area contributed by atoms with Crippen LogP contribution in [0.2, 0.25) is 5.02 Å². The first-order chi connectivity index (χ1) is 12.9. The van der Waals surface area contributed by atoms with Gasteiger partial charge in [-0.05, 0) is 50.5 Å². The van der Waals surface area contributed by atoms with Crippen LogP contribution in [0.3, 0.4) is 0 Å². The highest BCUT2D eigenvalue weighted by Crippen LogP contribution is 2.38. The van der Waals surface area contributed by atoms with E-state index < -0.39 is 17.7 Å². The molecule has 1 aromatic carbocycles. The number of Topliss-reactive ketones (excluding diaryl/α,β-unsaturated/α-hetero) is 1. The monoisotopic (exact) mass is 385 g/mol. The number of carbonyl (C=O) groups is 2. The minimum atomic E-state index is -0.734. The molecule has 1 atom stereocenters. The second-order valence-corrected chi connectivity index (χ2v) is 6.99. The molecule has 2 aromatic rings. The molecule has 1 saturated heterocycles. The molecular weight excluding hydrogens is 366 g/mol. The minimum absolute atomic E-state index is 0.0415. The number of pyridine rings is 1. The fourth-order valence-corrected chi connectivity index (χ4v) is 3.15. The van der Waals surface area contributed by atoms with Crippen molar-refractivity contribution in [1.29, 1.82) is 0 Å². The molecule has 27 heavy (non-hydrogen) atoms. The zero-order valence-corrected chi connectivity index (χ0v) is 15.8. The summed E-state index contributed by atoms with van der Waals surface area (Å²) in [5.74, 6) is -1.58. The number of benzene rings is 1. The van der Waals surface area contributed by atoms with E-state index in [2.05, 4.69) is 4.98 Å². The molecule has 7 heteroatoms. The Morgan fingerprint density at radius 3 is 2.48 bits per heavy atom. The lowest BCUT2D eigenvalue weighted by Crippen LogP contribution is -2.35. The Morgan fingerprint density at radius 1 is 1.19 bits per heavy atom. The molecule has 1 fully saturated rings. The molecule has 6 nitrogen and oxygen atoms in total. The van der Waals surface area contributed by atoms with Gasteiger partial charge in [-0.2, -0.15) is 0 Å². The predicted molar refractivity (Wildman–Crippen MR) is 103 cm³/mol. The Balaban J connectivity index is 2.12. The van der Waals surface area contributed by atoms with Gasteiger partial charge in [0, 0.05) is 29.9 Å². The van der Waals surface area contributed by atoms with Crippen molar-refractivity contribution >= 4 is 29.1 Å². The fourth-order valence-electron chi connectivity index (χ4n) is 3.03. The van der Waals surface area contributed by atoms with Crippen molar-refractivity contribution < 1.29 is 14.7 Å². The Morgan fingerprint density at radius 2 is 1.89 bits per heavy atom. The summed E-state index contributed by atoms with van der Waals surface area (Å²) >= 11 is 5.90. The highest BCUT2D eigenvalue weighted by Gasteiger charge is 2.46. The molecule has 1 aliphatic heterocycles. The first kappa shape index (κ1) is 19.1. The van der Waals surface area contributed by atoms with Crippen LogP contribution in [0, 0.1) is 0 Å². The van der Waals surface area contributed by atoms with Gasteiger partial charge in [0.25, 0.3) is 11.7 Å². The molecule has 0 radical (unpaired) electrons. The van der Waals surface area contributed by atoms with Gasteiger partial charge in [-0.15, -0.1) is 0 Å². The van der Waals surface area contributed by atoms with Crippen LogP contribution in [-0.2, 0) is 9.59 Å². The van der Waals surface area contributed by atoms with Crippen LogP contribution in [-0.4, -0.2) is 58.8 Å². The predicted octanol–water partition coefficient (Wildman–Crippen LogP) is 2.72. The van der Waals surface area contributed by atoms with Gasteiger partial charge < -0.3 is 14.9 Å². The number of likely N-dealkylation sites (tertiary alicyclic amines) is 1. The lowest BCUT2D eigenvalue weighted by atomic mass is 9.98. The lowest BCUT2D eigenvalue weighted by Gasteiger charge is -2.25. The normalized spacial score (nSPS) is 19.1. The van der Waals surface area contributed by atoms with Crippen LogP contribution in [0.25, 0.3) is 5.76 Å². The summed E-state index contributed by atoms with van der Waals surface area (Å²) in [6, 6.07) is 11.0. The summed E-state index contributed by atoms with van der Waals surface area (Å²) in [6.45, 7) is 0.924. The van der Waals surface area contributed by atoms with E-state index in [-0.39, 0.29) is 11.3 Å². The maximum absolute atomic E-state index is 12.7. The van der Waals surface area contributed by atoms with Crippen LogP contribution in [0.5, 0.6) is 0 Å². The molecule has 1 unspecified atom stereocenters. The lowest BCUT2D eigenvalue weighted by molar-refractivity contribution is -0.140.